The van der Waals surface area contributed by atoms with Gasteiger partial charge in [-0.05, 0) is 12.5 Å². The van der Waals surface area contributed by atoms with E-state index in [1.165, 1.54) is 0 Å². The van der Waals surface area contributed by atoms with Gasteiger partial charge in [-0.1, -0.05) is 0 Å². The molecule has 3 N–H and O–H groups in total. The van der Waals surface area contributed by atoms with Gasteiger partial charge in [-0.3, -0.25) is 14.9 Å². The van der Waals surface area contributed by atoms with Gasteiger partial charge in [0.25, 0.3) is 5.69 Å². The fourth-order valence-electron chi connectivity index (χ4n) is 1.36. The second kappa shape index (κ2) is 6.30. The lowest BCUT2D eigenvalue weighted by Crippen LogP contribution is -2.14. The summed E-state index contributed by atoms with van der Waals surface area (Å²) in [5.41, 5.74) is -0.438. The topological polar surface area (TPSA) is 150 Å². The van der Waals surface area contributed by atoms with Gasteiger partial charge in [-0.25, -0.2) is 13.6 Å². The van der Waals surface area contributed by atoms with E-state index < -0.39 is 31.5 Å². The van der Waals surface area contributed by atoms with Gasteiger partial charge in [0.15, 0.2) is 0 Å². The molecule has 0 aliphatic heterocycles. The number of carbonyl (C=O) groups is 1. The number of nitro groups is 1. The largest absolute Gasteiger partial charge is 0.492 e. The Morgan fingerprint density at radius 2 is 2.10 bits per heavy atom. The Balaban J connectivity index is 2.95. The second-order valence-electron chi connectivity index (χ2n) is 3.78. The molecule has 110 valence electrons. The first kappa shape index (κ1) is 15.9. The summed E-state index contributed by atoms with van der Waals surface area (Å²) in [6.07, 6.45) is 0.0219. The predicted octanol–water partition coefficient (Wildman–Crippen LogP) is 0.486. The van der Waals surface area contributed by atoms with Crippen molar-refractivity contribution >= 4 is 21.7 Å². The summed E-state index contributed by atoms with van der Waals surface area (Å²) in [7, 11) is -4.19. The maximum absolute atomic E-state index is 11.4. The number of carboxylic acids is 1. The molecular weight excluding hydrogens is 292 g/mol. The van der Waals surface area contributed by atoms with Gasteiger partial charge >= 0.3 is 5.97 Å². The third-order valence-electron chi connectivity index (χ3n) is 2.24. The number of ether oxygens (including phenoxy) is 1. The number of nitrogens with two attached hydrogens (primary N) is 1. The van der Waals surface area contributed by atoms with Crippen LogP contribution < -0.4 is 9.88 Å². The highest BCUT2D eigenvalue weighted by molar-refractivity contribution is 7.89. The van der Waals surface area contributed by atoms with E-state index in [4.69, 9.17) is 15.0 Å². The molecule has 0 aliphatic carbocycles. The van der Waals surface area contributed by atoms with Crippen molar-refractivity contribution in [2.45, 2.75) is 17.7 Å². The second-order valence-corrected chi connectivity index (χ2v) is 5.31. The minimum absolute atomic E-state index is 0.0490. The lowest BCUT2D eigenvalue weighted by molar-refractivity contribution is -0.385. The van der Waals surface area contributed by atoms with Crippen LogP contribution in [0.4, 0.5) is 5.69 Å². The minimum Gasteiger partial charge on any atom is -0.492 e. The van der Waals surface area contributed by atoms with E-state index in [9.17, 15) is 23.3 Å². The van der Waals surface area contributed by atoms with Crippen LogP contribution in [-0.2, 0) is 14.8 Å². The minimum atomic E-state index is -4.19. The molecule has 9 nitrogen and oxygen atoms in total. The number of primary sulfonamides is 1. The Kier molecular flexibility index (Phi) is 5.00. The fraction of sp³-hybridized carbons (Fsp3) is 0.300. The summed E-state index contributed by atoms with van der Waals surface area (Å²) < 4.78 is 27.8. The number of hydrogen-bond acceptors (Lipinski definition) is 6. The number of rotatable bonds is 7. The molecule has 0 saturated carbocycles. The zero-order valence-corrected chi connectivity index (χ0v) is 11.0. The first-order chi connectivity index (χ1) is 9.21. The molecule has 1 aromatic carbocycles. The van der Waals surface area contributed by atoms with Crippen molar-refractivity contribution in [1.82, 2.24) is 0 Å². The normalized spacial score (nSPS) is 11.1. The number of benzene rings is 1. The zero-order valence-electron chi connectivity index (χ0n) is 10.2. The number of nitrogens with zero attached hydrogens (tertiary/aromatic N) is 1. The number of nitro benzene ring substituents is 1. The van der Waals surface area contributed by atoms with Crippen LogP contribution >= 0.6 is 0 Å². The van der Waals surface area contributed by atoms with Crippen LogP contribution in [0.5, 0.6) is 5.75 Å². The van der Waals surface area contributed by atoms with Crippen molar-refractivity contribution in [1.29, 1.82) is 0 Å². The van der Waals surface area contributed by atoms with Crippen molar-refractivity contribution in [2.75, 3.05) is 6.61 Å². The van der Waals surface area contributed by atoms with Crippen LogP contribution in [0.3, 0.4) is 0 Å². The molecule has 10 heteroatoms. The molecule has 0 amide bonds. The number of non-ortho nitro benzene ring substituents is 1. The summed E-state index contributed by atoms with van der Waals surface area (Å²) in [6, 6.07) is 2.97. The highest BCUT2D eigenvalue weighted by Crippen LogP contribution is 2.27. The first-order valence-corrected chi connectivity index (χ1v) is 6.92. The molecule has 1 rings (SSSR count). The molecule has 0 aliphatic rings. The van der Waals surface area contributed by atoms with Gasteiger partial charge in [0, 0.05) is 18.6 Å². The van der Waals surface area contributed by atoms with Crippen molar-refractivity contribution in [3.63, 3.8) is 0 Å². The Bertz CT molecular complexity index is 626. The quantitative estimate of drug-likeness (QED) is 0.422. The molecule has 0 spiro atoms. The molecule has 0 radical (unpaired) electrons. The Labute approximate surface area is 114 Å². The first-order valence-electron chi connectivity index (χ1n) is 5.37. The number of aliphatic carboxylic acids is 1. The number of carboxylic acid groups (broad SMARTS) is 1. The number of sulfonamides is 1. The molecular formula is C10H12N2O7S. The summed E-state index contributed by atoms with van der Waals surface area (Å²) in [6.45, 7) is -0.0490. The average Bonchev–Trinajstić information content (AvgIpc) is 2.33. The molecule has 0 heterocycles. The Hall–Kier alpha value is -2.20. The molecule has 0 fully saturated rings. The standard InChI is InChI=1S/C10H12N2O7S/c11-20(17,18)9-6-7(12(15)16)3-4-8(9)19-5-1-2-10(13)14/h3-4,6H,1-2,5H2,(H,13,14)(H2,11,17,18). The highest BCUT2D eigenvalue weighted by atomic mass is 32.2. The van der Waals surface area contributed by atoms with E-state index >= 15 is 0 Å². The van der Waals surface area contributed by atoms with Crippen molar-refractivity contribution in [2.24, 2.45) is 5.14 Å². The van der Waals surface area contributed by atoms with Gasteiger partial charge in [-0.15, -0.1) is 0 Å². The summed E-state index contributed by atoms with van der Waals surface area (Å²) in [5, 5.41) is 24.0. The van der Waals surface area contributed by atoms with Crippen LogP contribution in [0.25, 0.3) is 0 Å². The maximum atomic E-state index is 11.4. The van der Waals surface area contributed by atoms with Gasteiger partial charge in [0.05, 0.1) is 11.5 Å². The van der Waals surface area contributed by atoms with E-state index in [1.54, 1.807) is 0 Å². The maximum Gasteiger partial charge on any atom is 0.303 e. The van der Waals surface area contributed by atoms with Crippen LogP contribution in [0, 0.1) is 10.1 Å². The third-order valence-corrected chi connectivity index (χ3v) is 3.17. The van der Waals surface area contributed by atoms with Crippen LogP contribution in [-0.4, -0.2) is 31.0 Å². The summed E-state index contributed by atoms with van der Waals surface area (Å²) in [4.78, 5) is 19.6. The average molecular weight is 304 g/mol. The number of hydrogen-bond donors (Lipinski definition) is 2. The van der Waals surface area contributed by atoms with E-state index in [-0.39, 0.29) is 25.2 Å². The SMILES string of the molecule is NS(=O)(=O)c1cc([N+](=O)[O-])ccc1OCCCC(=O)O. The predicted molar refractivity (Wildman–Crippen MR) is 66.8 cm³/mol. The highest BCUT2D eigenvalue weighted by Gasteiger charge is 2.20. The molecule has 20 heavy (non-hydrogen) atoms. The lowest BCUT2D eigenvalue weighted by atomic mass is 10.3. The molecule has 0 aromatic heterocycles. The molecule has 1 aromatic rings. The van der Waals surface area contributed by atoms with Crippen molar-refractivity contribution in [3.05, 3.63) is 28.3 Å². The molecule has 0 bridgehead atoms. The summed E-state index contributed by atoms with van der Waals surface area (Å²) in [5.74, 6) is -1.16. The van der Waals surface area contributed by atoms with E-state index in [2.05, 4.69) is 0 Å². The van der Waals surface area contributed by atoms with E-state index in [0.717, 1.165) is 18.2 Å². The van der Waals surface area contributed by atoms with Crippen LogP contribution in [0.15, 0.2) is 23.1 Å². The third kappa shape index (κ3) is 4.48. The monoisotopic (exact) mass is 304 g/mol. The van der Waals surface area contributed by atoms with E-state index in [1.807, 2.05) is 0 Å². The Morgan fingerprint density at radius 3 is 2.60 bits per heavy atom. The van der Waals surface area contributed by atoms with Gasteiger partial charge in [-0.2, -0.15) is 0 Å². The van der Waals surface area contributed by atoms with Crippen molar-refractivity contribution < 1.29 is 28.0 Å². The van der Waals surface area contributed by atoms with Gasteiger partial charge < -0.3 is 9.84 Å². The Morgan fingerprint density at radius 1 is 1.45 bits per heavy atom. The van der Waals surface area contributed by atoms with Crippen LogP contribution in [0.2, 0.25) is 0 Å². The van der Waals surface area contributed by atoms with Crippen molar-refractivity contribution in [3.8, 4) is 5.75 Å². The molecule has 0 saturated heterocycles. The summed E-state index contributed by atoms with van der Waals surface area (Å²) >= 11 is 0. The van der Waals surface area contributed by atoms with Gasteiger partial charge in [0.2, 0.25) is 10.0 Å². The smallest absolute Gasteiger partial charge is 0.303 e. The lowest BCUT2D eigenvalue weighted by Gasteiger charge is -2.09. The molecule has 0 unspecified atom stereocenters. The zero-order chi connectivity index (χ0) is 15.3. The van der Waals surface area contributed by atoms with Crippen LogP contribution in [0.1, 0.15) is 12.8 Å². The molecule has 0 atom stereocenters. The van der Waals surface area contributed by atoms with Gasteiger partial charge in [0.1, 0.15) is 10.6 Å². The van der Waals surface area contributed by atoms with E-state index in [0.29, 0.717) is 0 Å². The fourth-order valence-corrected chi connectivity index (χ4v) is 2.05.